The van der Waals surface area contributed by atoms with Gasteiger partial charge in [-0.2, -0.15) is 0 Å². The molecule has 1 aliphatic rings. The van der Waals surface area contributed by atoms with Crippen LogP contribution >= 0.6 is 0 Å². The number of rotatable bonds is 3. The number of hydrogen-bond donors (Lipinski definition) is 0. The average molecular weight is 387 g/mol. The third kappa shape index (κ3) is 5.94. The molecule has 0 bridgehead atoms. The molecule has 1 aromatic rings. The smallest absolute Gasteiger partial charge is 0.415 e. The Balaban J connectivity index is 2.32. The minimum Gasteiger partial charge on any atom is -0.459 e. The minimum atomic E-state index is -1.05. The van der Waals surface area contributed by atoms with Gasteiger partial charge < -0.3 is 9.47 Å². The van der Waals surface area contributed by atoms with E-state index < -0.39 is 35.2 Å². The molecule has 0 saturated heterocycles. The number of carbonyl (C=O) groups is 3. The summed E-state index contributed by atoms with van der Waals surface area (Å²) in [7, 11) is 0. The van der Waals surface area contributed by atoms with Gasteiger partial charge in [-0.3, -0.25) is 14.5 Å². The van der Waals surface area contributed by atoms with Crippen LogP contribution < -0.4 is 0 Å². The molecule has 0 spiro atoms. The van der Waals surface area contributed by atoms with Crippen molar-refractivity contribution in [1.82, 2.24) is 4.90 Å². The van der Waals surface area contributed by atoms with Crippen LogP contribution in [0.2, 0.25) is 0 Å². The van der Waals surface area contributed by atoms with Crippen molar-refractivity contribution in [3.05, 3.63) is 48.2 Å². The summed E-state index contributed by atoms with van der Waals surface area (Å²) < 4.78 is 10.8. The second-order valence-electron chi connectivity index (χ2n) is 8.85. The first-order valence-corrected chi connectivity index (χ1v) is 9.37. The first-order valence-electron chi connectivity index (χ1n) is 9.37. The van der Waals surface area contributed by atoms with Crippen molar-refractivity contribution in [2.45, 2.75) is 65.2 Å². The van der Waals surface area contributed by atoms with E-state index in [9.17, 15) is 14.4 Å². The summed E-state index contributed by atoms with van der Waals surface area (Å²) in [4.78, 5) is 39.5. The van der Waals surface area contributed by atoms with E-state index in [0.29, 0.717) is 0 Å². The Bertz CT molecular complexity index is 755. The van der Waals surface area contributed by atoms with Crippen molar-refractivity contribution in [3.8, 4) is 0 Å². The lowest BCUT2D eigenvalue weighted by molar-refractivity contribution is -0.161. The number of ether oxygens (including phenoxy) is 2. The van der Waals surface area contributed by atoms with E-state index in [1.54, 1.807) is 41.5 Å². The van der Waals surface area contributed by atoms with Gasteiger partial charge in [0.15, 0.2) is 5.78 Å². The van der Waals surface area contributed by atoms with Gasteiger partial charge >= 0.3 is 12.1 Å². The van der Waals surface area contributed by atoms with Gasteiger partial charge in [0, 0.05) is 12.6 Å². The molecule has 1 aromatic carbocycles. The summed E-state index contributed by atoms with van der Waals surface area (Å²) in [5.74, 6) is -2.05. The van der Waals surface area contributed by atoms with Crippen LogP contribution in [0.5, 0.6) is 0 Å². The van der Waals surface area contributed by atoms with Crippen LogP contribution in [0.4, 0.5) is 4.79 Å². The largest absolute Gasteiger partial charge is 0.459 e. The molecular formula is C22H29NO5. The number of esters is 1. The number of hydrogen-bond acceptors (Lipinski definition) is 5. The van der Waals surface area contributed by atoms with Gasteiger partial charge in [0.25, 0.3) is 0 Å². The Morgan fingerprint density at radius 3 is 2.07 bits per heavy atom. The van der Waals surface area contributed by atoms with Crippen molar-refractivity contribution < 1.29 is 23.9 Å². The molecule has 152 valence electrons. The van der Waals surface area contributed by atoms with Crippen molar-refractivity contribution in [1.29, 1.82) is 0 Å². The van der Waals surface area contributed by atoms with Crippen molar-refractivity contribution in [2.75, 3.05) is 0 Å². The quantitative estimate of drug-likeness (QED) is 0.581. The molecule has 6 nitrogen and oxygen atoms in total. The Kier molecular flexibility index (Phi) is 6.32. The zero-order valence-corrected chi connectivity index (χ0v) is 17.4. The third-order valence-electron chi connectivity index (χ3n) is 3.95. The van der Waals surface area contributed by atoms with Crippen LogP contribution in [0.3, 0.4) is 0 Å². The van der Waals surface area contributed by atoms with Crippen LogP contribution in [0.15, 0.2) is 42.6 Å². The van der Waals surface area contributed by atoms with Crippen molar-refractivity contribution in [3.63, 3.8) is 0 Å². The van der Waals surface area contributed by atoms with E-state index in [2.05, 4.69) is 0 Å². The minimum absolute atomic E-state index is 0.280. The monoisotopic (exact) mass is 387 g/mol. The van der Waals surface area contributed by atoms with Crippen molar-refractivity contribution >= 4 is 17.8 Å². The molecule has 1 heterocycles. The summed E-state index contributed by atoms with van der Waals surface area (Å²) in [6, 6.07) is 8.51. The van der Waals surface area contributed by atoms with Crippen LogP contribution in [-0.2, 0) is 25.5 Å². The fourth-order valence-electron chi connectivity index (χ4n) is 2.82. The maximum atomic E-state index is 13.1. The molecule has 0 saturated carbocycles. The Morgan fingerprint density at radius 2 is 1.54 bits per heavy atom. The Hall–Kier alpha value is -2.63. The number of ketones is 1. The summed E-state index contributed by atoms with van der Waals surface area (Å²) in [6.07, 6.45) is 2.52. The summed E-state index contributed by atoms with van der Waals surface area (Å²) >= 11 is 0. The van der Waals surface area contributed by atoms with Crippen LogP contribution in [-0.4, -0.2) is 40.0 Å². The molecular weight excluding hydrogens is 358 g/mol. The lowest BCUT2D eigenvalue weighted by Crippen LogP contribution is -2.51. The Labute approximate surface area is 166 Å². The van der Waals surface area contributed by atoms with E-state index in [1.165, 1.54) is 17.2 Å². The molecule has 0 N–H and O–H groups in total. The topological polar surface area (TPSA) is 72.9 Å². The third-order valence-corrected chi connectivity index (χ3v) is 3.95. The van der Waals surface area contributed by atoms with Gasteiger partial charge in [-0.05, 0) is 53.2 Å². The number of carbonyl (C=O) groups excluding carboxylic acids is 3. The lowest BCUT2D eigenvalue weighted by Gasteiger charge is -2.35. The summed E-state index contributed by atoms with van der Waals surface area (Å²) in [5, 5.41) is 0. The van der Waals surface area contributed by atoms with Gasteiger partial charge in [-0.1, -0.05) is 30.3 Å². The fourth-order valence-corrected chi connectivity index (χ4v) is 2.82. The van der Waals surface area contributed by atoms with Crippen LogP contribution in [0, 0.1) is 5.92 Å². The molecule has 1 aliphatic heterocycles. The molecule has 1 amide bonds. The van der Waals surface area contributed by atoms with Crippen LogP contribution in [0.1, 0.15) is 47.1 Å². The van der Waals surface area contributed by atoms with Gasteiger partial charge in [0.1, 0.15) is 23.2 Å². The first-order chi connectivity index (χ1) is 12.9. The van der Waals surface area contributed by atoms with Crippen molar-refractivity contribution in [2.24, 2.45) is 5.92 Å². The normalized spacial score (nSPS) is 20.1. The molecule has 6 heteroatoms. The van der Waals surface area contributed by atoms with E-state index in [-0.39, 0.29) is 12.2 Å². The number of nitrogens with zero attached hydrogens (tertiary/aromatic N) is 1. The van der Waals surface area contributed by atoms with E-state index in [1.807, 2.05) is 30.3 Å². The maximum absolute atomic E-state index is 13.1. The average Bonchev–Trinajstić information content (AvgIpc) is 2.54. The van der Waals surface area contributed by atoms with Gasteiger partial charge in [-0.25, -0.2) is 4.79 Å². The highest BCUT2D eigenvalue weighted by atomic mass is 16.6. The van der Waals surface area contributed by atoms with E-state index in [4.69, 9.17) is 9.47 Å². The van der Waals surface area contributed by atoms with E-state index >= 15 is 0 Å². The number of amides is 1. The fraction of sp³-hybridized carbons (Fsp3) is 0.500. The summed E-state index contributed by atoms with van der Waals surface area (Å²) in [6.45, 7) is 10.5. The highest BCUT2D eigenvalue weighted by Crippen LogP contribution is 2.25. The van der Waals surface area contributed by atoms with Crippen LogP contribution in [0.25, 0.3) is 0 Å². The molecule has 2 atom stereocenters. The lowest BCUT2D eigenvalue weighted by atomic mass is 9.89. The number of benzene rings is 1. The maximum Gasteiger partial charge on any atom is 0.415 e. The molecule has 2 rings (SSSR count). The Morgan fingerprint density at radius 1 is 0.964 bits per heavy atom. The summed E-state index contributed by atoms with van der Waals surface area (Å²) in [5.41, 5.74) is -0.525. The SMILES string of the molecule is CC(C)(C)OC(=O)C1C=CN(C(=O)OC(C)(C)C)[C@@H](Cc2ccccc2)C1=O. The molecule has 0 radical (unpaired) electrons. The highest BCUT2D eigenvalue weighted by molar-refractivity contribution is 6.05. The standard InChI is InChI=1S/C22H29NO5/c1-21(2,3)27-19(25)16-12-13-23(20(26)28-22(4,5)6)17(18(16)24)14-15-10-8-7-9-11-15/h7-13,16-17H,14H2,1-6H3/t16?,17-/m0/s1. The van der Waals surface area contributed by atoms with Gasteiger partial charge in [-0.15, -0.1) is 0 Å². The second-order valence-corrected chi connectivity index (χ2v) is 8.85. The molecule has 0 aromatic heterocycles. The predicted octanol–water partition coefficient (Wildman–Crippen LogP) is 3.89. The zero-order chi connectivity index (χ0) is 21.1. The molecule has 1 unspecified atom stereocenters. The molecule has 28 heavy (non-hydrogen) atoms. The van der Waals surface area contributed by atoms with Gasteiger partial charge in [0.2, 0.25) is 0 Å². The first kappa shape index (κ1) is 21.7. The predicted molar refractivity (Wildman–Crippen MR) is 105 cm³/mol. The molecule has 0 aliphatic carbocycles. The van der Waals surface area contributed by atoms with E-state index in [0.717, 1.165) is 5.56 Å². The second kappa shape index (κ2) is 8.17. The highest BCUT2D eigenvalue weighted by Gasteiger charge is 2.42. The van der Waals surface area contributed by atoms with Gasteiger partial charge in [0.05, 0.1) is 0 Å². The molecule has 0 fully saturated rings. The number of Topliss-reactive ketones (excluding diaryl/α,β-unsaturated/α-hetero) is 1. The zero-order valence-electron chi connectivity index (χ0n) is 17.4.